The van der Waals surface area contributed by atoms with Crippen molar-refractivity contribution in [3.63, 3.8) is 0 Å². The second-order valence-electron chi connectivity index (χ2n) is 6.69. The molecule has 0 saturated carbocycles. The largest absolute Gasteiger partial charge is 0.376 e. The van der Waals surface area contributed by atoms with Crippen molar-refractivity contribution in [3.8, 4) is 0 Å². The number of aliphatic imine (C=N–C) groups is 1. The standard InChI is InChI=1S/C20H28N4OS/c1-16-12-23-19(26-16)8-10-22-20(21-2)24-11-9-18(13-24)15-25-14-17-6-4-3-5-7-17/h3-7,12,18H,8-11,13-15H2,1-2H3,(H,21,22). The van der Waals surface area contributed by atoms with Gasteiger partial charge in [-0.2, -0.15) is 0 Å². The average molecular weight is 373 g/mol. The Balaban J connectivity index is 1.37. The molecular formula is C20H28N4OS. The van der Waals surface area contributed by atoms with Crippen LogP contribution in [0.25, 0.3) is 0 Å². The monoisotopic (exact) mass is 372 g/mol. The molecule has 0 spiro atoms. The SMILES string of the molecule is CN=C(NCCc1ncc(C)s1)N1CCC(COCc2ccccc2)C1. The molecule has 1 aromatic heterocycles. The zero-order valence-electron chi connectivity index (χ0n) is 15.6. The molecule has 140 valence electrons. The number of benzene rings is 1. The van der Waals surface area contributed by atoms with E-state index in [0.717, 1.165) is 45.0 Å². The number of guanidine groups is 1. The van der Waals surface area contributed by atoms with Crippen molar-refractivity contribution in [2.24, 2.45) is 10.9 Å². The number of nitrogens with one attached hydrogen (secondary N) is 1. The van der Waals surface area contributed by atoms with Crippen LogP contribution in [0.4, 0.5) is 0 Å². The van der Waals surface area contributed by atoms with E-state index < -0.39 is 0 Å². The van der Waals surface area contributed by atoms with E-state index in [9.17, 15) is 0 Å². The number of hydrogen-bond acceptors (Lipinski definition) is 4. The van der Waals surface area contributed by atoms with Gasteiger partial charge < -0.3 is 15.0 Å². The summed E-state index contributed by atoms with van der Waals surface area (Å²) in [7, 11) is 1.86. The van der Waals surface area contributed by atoms with Gasteiger partial charge in [-0.05, 0) is 18.9 Å². The normalized spacial score (nSPS) is 17.7. The van der Waals surface area contributed by atoms with Crippen LogP contribution in [0, 0.1) is 12.8 Å². The summed E-state index contributed by atoms with van der Waals surface area (Å²) in [5, 5.41) is 4.65. The van der Waals surface area contributed by atoms with Crippen molar-refractivity contribution in [3.05, 3.63) is 52.0 Å². The number of ether oxygens (including phenoxy) is 1. The Bertz CT molecular complexity index is 701. The van der Waals surface area contributed by atoms with Crippen LogP contribution in [0.5, 0.6) is 0 Å². The number of aromatic nitrogens is 1. The van der Waals surface area contributed by atoms with E-state index >= 15 is 0 Å². The van der Waals surface area contributed by atoms with Gasteiger partial charge in [0.25, 0.3) is 0 Å². The maximum absolute atomic E-state index is 5.91. The van der Waals surface area contributed by atoms with E-state index in [1.54, 1.807) is 11.3 Å². The summed E-state index contributed by atoms with van der Waals surface area (Å²) in [6, 6.07) is 10.4. The fraction of sp³-hybridized carbons (Fsp3) is 0.500. The smallest absolute Gasteiger partial charge is 0.193 e. The Kier molecular flexibility index (Phi) is 7.03. The zero-order valence-corrected chi connectivity index (χ0v) is 16.5. The first kappa shape index (κ1) is 18.9. The van der Waals surface area contributed by atoms with Crippen LogP contribution in [0.15, 0.2) is 41.5 Å². The average Bonchev–Trinajstić information content (AvgIpc) is 3.29. The predicted octanol–water partition coefficient (Wildman–Crippen LogP) is 3.11. The molecule has 1 aliphatic rings. The zero-order chi connectivity index (χ0) is 18.2. The van der Waals surface area contributed by atoms with Gasteiger partial charge in [0.2, 0.25) is 0 Å². The molecular weight excluding hydrogens is 344 g/mol. The molecule has 2 aromatic rings. The van der Waals surface area contributed by atoms with Crippen LogP contribution in [0.2, 0.25) is 0 Å². The van der Waals surface area contributed by atoms with E-state index in [4.69, 9.17) is 4.74 Å². The maximum atomic E-state index is 5.91. The number of aryl methyl sites for hydroxylation is 1. The third-order valence-electron chi connectivity index (χ3n) is 4.55. The lowest BCUT2D eigenvalue weighted by atomic mass is 10.1. The second-order valence-corrected chi connectivity index (χ2v) is 8.01. The number of likely N-dealkylation sites (tertiary alicyclic amines) is 1. The lowest BCUT2D eigenvalue weighted by Gasteiger charge is -2.21. The molecule has 3 rings (SSSR count). The summed E-state index contributed by atoms with van der Waals surface area (Å²) in [5.74, 6) is 1.56. The fourth-order valence-corrected chi connectivity index (χ4v) is 4.00. The molecule has 1 saturated heterocycles. The Morgan fingerprint density at radius 2 is 2.23 bits per heavy atom. The Morgan fingerprint density at radius 1 is 1.38 bits per heavy atom. The molecule has 0 radical (unpaired) electrons. The molecule has 0 bridgehead atoms. The molecule has 0 aliphatic carbocycles. The summed E-state index contributed by atoms with van der Waals surface area (Å²) in [4.78, 5) is 12.5. The number of nitrogens with zero attached hydrogens (tertiary/aromatic N) is 3. The van der Waals surface area contributed by atoms with Crippen LogP contribution in [-0.2, 0) is 17.8 Å². The van der Waals surface area contributed by atoms with Crippen molar-refractivity contribution in [2.75, 3.05) is 33.3 Å². The van der Waals surface area contributed by atoms with Gasteiger partial charge in [-0.15, -0.1) is 11.3 Å². The summed E-state index contributed by atoms with van der Waals surface area (Å²) in [5.41, 5.74) is 1.23. The van der Waals surface area contributed by atoms with Crippen LogP contribution in [-0.4, -0.2) is 49.1 Å². The highest BCUT2D eigenvalue weighted by Gasteiger charge is 2.24. The third kappa shape index (κ3) is 5.54. The minimum atomic E-state index is 0.568. The van der Waals surface area contributed by atoms with Gasteiger partial charge in [-0.25, -0.2) is 4.98 Å². The van der Waals surface area contributed by atoms with Gasteiger partial charge in [0.05, 0.1) is 18.2 Å². The molecule has 1 atom stereocenters. The van der Waals surface area contributed by atoms with E-state index in [1.807, 2.05) is 19.3 Å². The topological polar surface area (TPSA) is 49.8 Å². The highest BCUT2D eigenvalue weighted by atomic mass is 32.1. The van der Waals surface area contributed by atoms with Crippen LogP contribution >= 0.6 is 11.3 Å². The third-order valence-corrected chi connectivity index (χ3v) is 5.53. The molecule has 6 heteroatoms. The lowest BCUT2D eigenvalue weighted by molar-refractivity contribution is 0.0907. The minimum Gasteiger partial charge on any atom is -0.376 e. The molecule has 1 unspecified atom stereocenters. The highest BCUT2D eigenvalue weighted by molar-refractivity contribution is 7.11. The molecule has 1 aromatic carbocycles. The first-order chi connectivity index (χ1) is 12.7. The summed E-state index contributed by atoms with van der Waals surface area (Å²) >= 11 is 1.77. The molecule has 0 amide bonds. The predicted molar refractivity (Wildman–Crippen MR) is 108 cm³/mol. The van der Waals surface area contributed by atoms with Gasteiger partial charge in [0.15, 0.2) is 5.96 Å². The van der Waals surface area contributed by atoms with Gasteiger partial charge >= 0.3 is 0 Å². The highest BCUT2D eigenvalue weighted by Crippen LogP contribution is 2.17. The minimum absolute atomic E-state index is 0.568. The molecule has 1 aliphatic heterocycles. The van der Waals surface area contributed by atoms with Gasteiger partial charge in [0.1, 0.15) is 0 Å². The van der Waals surface area contributed by atoms with E-state index in [0.29, 0.717) is 12.5 Å². The number of thiazole rings is 1. The fourth-order valence-electron chi connectivity index (χ4n) is 3.21. The van der Waals surface area contributed by atoms with Crippen molar-refractivity contribution in [2.45, 2.75) is 26.4 Å². The number of hydrogen-bond donors (Lipinski definition) is 1. The quantitative estimate of drug-likeness (QED) is 0.599. The molecule has 1 fully saturated rings. The molecule has 26 heavy (non-hydrogen) atoms. The second kappa shape index (κ2) is 9.69. The maximum Gasteiger partial charge on any atom is 0.193 e. The van der Waals surface area contributed by atoms with Crippen molar-refractivity contribution < 1.29 is 4.74 Å². The Labute approximate surface area is 160 Å². The number of rotatable bonds is 7. The van der Waals surface area contributed by atoms with Gasteiger partial charge in [-0.1, -0.05) is 30.3 Å². The first-order valence-corrected chi connectivity index (χ1v) is 10.0. The van der Waals surface area contributed by atoms with Gasteiger partial charge in [-0.3, -0.25) is 4.99 Å². The van der Waals surface area contributed by atoms with Crippen molar-refractivity contribution in [1.82, 2.24) is 15.2 Å². The summed E-state index contributed by atoms with van der Waals surface area (Å²) in [6.07, 6.45) is 4.03. The lowest BCUT2D eigenvalue weighted by Crippen LogP contribution is -2.41. The molecule has 1 N–H and O–H groups in total. The van der Waals surface area contributed by atoms with Crippen molar-refractivity contribution >= 4 is 17.3 Å². The van der Waals surface area contributed by atoms with E-state index in [-0.39, 0.29) is 0 Å². The molecule has 2 heterocycles. The molecule has 5 nitrogen and oxygen atoms in total. The Morgan fingerprint density at radius 3 is 2.96 bits per heavy atom. The first-order valence-electron chi connectivity index (χ1n) is 9.23. The van der Waals surface area contributed by atoms with E-state index in [1.165, 1.54) is 15.4 Å². The van der Waals surface area contributed by atoms with E-state index in [2.05, 4.69) is 51.4 Å². The van der Waals surface area contributed by atoms with Crippen molar-refractivity contribution in [1.29, 1.82) is 0 Å². The van der Waals surface area contributed by atoms with Crippen LogP contribution in [0.3, 0.4) is 0 Å². The summed E-state index contributed by atoms with van der Waals surface area (Å²) < 4.78 is 5.91. The van der Waals surface area contributed by atoms with Gasteiger partial charge in [0, 0.05) is 50.1 Å². The Hall–Kier alpha value is -1.92. The summed E-state index contributed by atoms with van der Waals surface area (Å²) in [6.45, 7) is 6.50. The van der Waals surface area contributed by atoms with Crippen LogP contribution < -0.4 is 5.32 Å². The van der Waals surface area contributed by atoms with Crippen LogP contribution in [0.1, 0.15) is 21.9 Å².